The summed E-state index contributed by atoms with van der Waals surface area (Å²) in [7, 11) is 5.50. The Morgan fingerprint density at radius 2 is 2.16 bits per heavy atom. The van der Waals surface area contributed by atoms with Gasteiger partial charge in [-0.2, -0.15) is 0 Å². The molecule has 142 valence electrons. The van der Waals surface area contributed by atoms with Crippen LogP contribution in [0.5, 0.6) is 0 Å². The van der Waals surface area contributed by atoms with Gasteiger partial charge in [0.25, 0.3) is 0 Å². The van der Waals surface area contributed by atoms with Gasteiger partial charge in [-0.3, -0.25) is 14.7 Å². The molecule has 0 radical (unpaired) electrons. The molecule has 3 fully saturated rings. The van der Waals surface area contributed by atoms with Gasteiger partial charge in [-0.1, -0.05) is 0 Å². The maximum Gasteiger partial charge on any atom is 0.239 e. The average molecular weight is 351 g/mol. The van der Waals surface area contributed by atoms with E-state index in [1.807, 2.05) is 21.1 Å². The Kier molecular flexibility index (Phi) is 6.17. The van der Waals surface area contributed by atoms with Gasteiger partial charge in [0.05, 0.1) is 24.3 Å². The molecule has 0 spiro atoms. The minimum atomic E-state index is 0.0682. The molecule has 0 saturated carbocycles. The SMILES string of the molecule is CN=C(NCCCN1CCCC1C(=O)N(C)C)NC1CC2CCC1O2. The molecule has 4 unspecified atom stereocenters. The molecule has 2 N–H and O–H groups in total. The second-order valence-corrected chi connectivity index (χ2v) is 7.64. The van der Waals surface area contributed by atoms with Crippen molar-refractivity contribution in [3.63, 3.8) is 0 Å². The van der Waals surface area contributed by atoms with E-state index < -0.39 is 0 Å². The zero-order valence-electron chi connectivity index (χ0n) is 15.8. The number of amides is 1. The van der Waals surface area contributed by atoms with Crippen LogP contribution in [0.4, 0.5) is 0 Å². The number of nitrogens with zero attached hydrogens (tertiary/aromatic N) is 3. The molecule has 25 heavy (non-hydrogen) atoms. The molecule has 3 aliphatic heterocycles. The number of fused-ring (bicyclic) bond motifs is 2. The average Bonchev–Trinajstić information content (AvgIpc) is 3.33. The van der Waals surface area contributed by atoms with Crippen molar-refractivity contribution in [1.29, 1.82) is 0 Å². The second kappa shape index (κ2) is 8.36. The normalized spacial score (nSPS) is 32.2. The van der Waals surface area contributed by atoms with E-state index in [1.165, 1.54) is 6.42 Å². The first-order chi connectivity index (χ1) is 12.1. The van der Waals surface area contributed by atoms with Crippen molar-refractivity contribution >= 4 is 11.9 Å². The Morgan fingerprint density at radius 1 is 1.32 bits per heavy atom. The number of hydrogen-bond acceptors (Lipinski definition) is 4. The Morgan fingerprint density at radius 3 is 2.80 bits per heavy atom. The fourth-order valence-electron chi connectivity index (χ4n) is 4.32. The van der Waals surface area contributed by atoms with Crippen molar-refractivity contribution in [2.45, 2.75) is 62.8 Å². The quantitative estimate of drug-likeness (QED) is 0.412. The summed E-state index contributed by atoms with van der Waals surface area (Å²) in [5.74, 6) is 1.10. The van der Waals surface area contributed by atoms with E-state index in [1.54, 1.807) is 4.90 Å². The lowest BCUT2D eigenvalue weighted by Gasteiger charge is -2.26. The fraction of sp³-hybridized carbons (Fsp3) is 0.889. The van der Waals surface area contributed by atoms with Crippen LogP contribution in [0.1, 0.15) is 38.5 Å². The molecule has 7 heteroatoms. The Hall–Kier alpha value is -1.34. The largest absolute Gasteiger partial charge is 0.373 e. The molecule has 0 aromatic rings. The summed E-state index contributed by atoms with van der Waals surface area (Å²) in [6.45, 7) is 2.84. The standard InChI is InChI=1S/C18H33N5O2/c1-19-18(21-14-12-13-7-8-16(14)25-13)20-9-5-11-23-10-4-6-15(23)17(24)22(2)3/h13-16H,4-12H2,1-3H3,(H2,19,20,21). The lowest BCUT2D eigenvalue weighted by Crippen LogP contribution is -2.48. The van der Waals surface area contributed by atoms with E-state index in [9.17, 15) is 4.79 Å². The van der Waals surface area contributed by atoms with Crippen LogP contribution in [0, 0.1) is 0 Å². The van der Waals surface area contributed by atoms with E-state index in [-0.39, 0.29) is 11.9 Å². The van der Waals surface area contributed by atoms with Crippen LogP contribution in [0.2, 0.25) is 0 Å². The molecule has 7 nitrogen and oxygen atoms in total. The predicted octanol–water partition coefficient (Wildman–Crippen LogP) is 0.414. The number of likely N-dealkylation sites (tertiary alicyclic amines) is 1. The molecule has 3 aliphatic rings. The number of likely N-dealkylation sites (N-methyl/N-ethyl adjacent to an activating group) is 1. The van der Waals surface area contributed by atoms with Crippen LogP contribution in [0.15, 0.2) is 4.99 Å². The van der Waals surface area contributed by atoms with Crippen LogP contribution in [0.25, 0.3) is 0 Å². The number of hydrogen-bond donors (Lipinski definition) is 2. The number of ether oxygens (including phenoxy) is 1. The van der Waals surface area contributed by atoms with Gasteiger partial charge in [0, 0.05) is 34.2 Å². The maximum atomic E-state index is 12.2. The number of nitrogens with one attached hydrogen (secondary N) is 2. The summed E-state index contributed by atoms with van der Waals surface area (Å²) in [4.78, 5) is 20.6. The molecule has 3 rings (SSSR count). The number of guanidine groups is 1. The number of carbonyl (C=O) groups excluding carboxylic acids is 1. The van der Waals surface area contributed by atoms with Crippen molar-refractivity contribution in [1.82, 2.24) is 20.4 Å². The van der Waals surface area contributed by atoms with Crippen LogP contribution < -0.4 is 10.6 Å². The predicted molar refractivity (Wildman–Crippen MR) is 98.7 cm³/mol. The lowest BCUT2D eigenvalue weighted by atomic mass is 9.96. The first-order valence-corrected chi connectivity index (χ1v) is 9.66. The first kappa shape index (κ1) is 18.5. The summed E-state index contributed by atoms with van der Waals surface area (Å²) < 4.78 is 5.89. The van der Waals surface area contributed by atoms with E-state index >= 15 is 0 Å². The zero-order chi connectivity index (χ0) is 17.8. The van der Waals surface area contributed by atoms with Crippen molar-refractivity contribution in [2.75, 3.05) is 40.8 Å². The Bertz CT molecular complexity index is 496. The molecule has 0 aliphatic carbocycles. The topological polar surface area (TPSA) is 69.2 Å². The maximum absolute atomic E-state index is 12.2. The van der Waals surface area contributed by atoms with E-state index in [2.05, 4.69) is 20.5 Å². The highest BCUT2D eigenvalue weighted by molar-refractivity contribution is 5.81. The fourth-order valence-corrected chi connectivity index (χ4v) is 4.32. The highest BCUT2D eigenvalue weighted by atomic mass is 16.5. The highest BCUT2D eigenvalue weighted by Crippen LogP contribution is 2.34. The van der Waals surface area contributed by atoms with Crippen molar-refractivity contribution in [2.24, 2.45) is 4.99 Å². The van der Waals surface area contributed by atoms with Gasteiger partial charge in [0.2, 0.25) is 5.91 Å². The van der Waals surface area contributed by atoms with Crippen LogP contribution in [-0.4, -0.2) is 86.7 Å². The molecule has 3 saturated heterocycles. The van der Waals surface area contributed by atoms with Crippen LogP contribution >= 0.6 is 0 Å². The monoisotopic (exact) mass is 351 g/mol. The van der Waals surface area contributed by atoms with Crippen LogP contribution in [-0.2, 0) is 9.53 Å². The molecular weight excluding hydrogens is 318 g/mol. The Balaban J connectivity index is 1.36. The molecule has 0 aromatic carbocycles. The summed E-state index contributed by atoms with van der Waals surface area (Å²) in [5.41, 5.74) is 0. The highest BCUT2D eigenvalue weighted by Gasteiger charge is 2.41. The van der Waals surface area contributed by atoms with Gasteiger partial charge in [0.1, 0.15) is 0 Å². The van der Waals surface area contributed by atoms with Gasteiger partial charge in [-0.05, 0) is 45.1 Å². The molecular formula is C18H33N5O2. The third kappa shape index (κ3) is 4.44. The summed E-state index contributed by atoms with van der Waals surface area (Å²) in [5, 5.41) is 6.91. The third-order valence-corrected chi connectivity index (χ3v) is 5.66. The molecule has 1 amide bonds. The minimum Gasteiger partial charge on any atom is -0.373 e. The van der Waals surface area contributed by atoms with Gasteiger partial charge in [0.15, 0.2) is 5.96 Å². The van der Waals surface area contributed by atoms with Gasteiger partial charge in [-0.15, -0.1) is 0 Å². The first-order valence-electron chi connectivity index (χ1n) is 9.66. The minimum absolute atomic E-state index is 0.0682. The van der Waals surface area contributed by atoms with Crippen molar-refractivity contribution < 1.29 is 9.53 Å². The molecule has 2 bridgehead atoms. The molecule has 0 aromatic heterocycles. The molecule has 3 heterocycles. The van der Waals surface area contributed by atoms with Gasteiger partial charge in [-0.25, -0.2) is 0 Å². The van der Waals surface area contributed by atoms with Crippen molar-refractivity contribution in [3.8, 4) is 0 Å². The lowest BCUT2D eigenvalue weighted by molar-refractivity contribution is -0.133. The smallest absolute Gasteiger partial charge is 0.239 e. The molecule has 4 atom stereocenters. The van der Waals surface area contributed by atoms with Crippen LogP contribution in [0.3, 0.4) is 0 Å². The van der Waals surface area contributed by atoms with E-state index in [0.717, 1.165) is 57.7 Å². The van der Waals surface area contributed by atoms with E-state index in [4.69, 9.17) is 4.74 Å². The second-order valence-electron chi connectivity index (χ2n) is 7.64. The zero-order valence-corrected chi connectivity index (χ0v) is 15.8. The summed E-state index contributed by atoms with van der Waals surface area (Å²) in [6, 6.07) is 0.462. The number of carbonyl (C=O) groups is 1. The summed E-state index contributed by atoms with van der Waals surface area (Å²) >= 11 is 0. The van der Waals surface area contributed by atoms with Gasteiger partial charge >= 0.3 is 0 Å². The third-order valence-electron chi connectivity index (χ3n) is 5.66. The summed E-state index contributed by atoms with van der Waals surface area (Å²) in [6.07, 6.45) is 7.36. The Labute approximate surface area is 151 Å². The van der Waals surface area contributed by atoms with E-state index in [0.29, 0.717) is 18.2 Å². The number of aliphatic imine (C=N–C) groups is 1. The van der Waals surface area contributed by atoms with Gasteiger partial charge < -0.3 is 20.3 Å². The number of rotatable bonds is 6. The van der Waals surface area contributed by atoms with Crippen molar-refractivity contribution in [3.05, 3.63) is 0 Å².